The maximum absolute atomic E-state index is 12.3. The highest BCUT2D eigenvalue weighted by Gasteiger charge is 2.21. The molecular formula is C14H20N2O3. The second kappa shape index (κ2) is 6.78. The van der Waals surface area contributed by atoms with Crippen molar-refractivity contribution >= 4 is 17.7 Å². The number of esters is 1. The van der Waals surface area contributed by atoms with Crippen molar-refractivity contribution in [3.05, 3.63) is 29.8 Å². The molecule has 1 aromatic rings. The Morgan fingerprint density at radius 3 is 2.26 bits per heavy atom. The third-order valence-corrected chi connectivity index (χ3v) is 2.99. The molecule has 1 rings (SSSR count). The minimum absolute atomic E-state index is 0.138. The summed E-state index contributed by atoms with van der Waals surface area (Å²) in [6, 6.07) is 6.77. The molecule has 0 aliphatic rings. The molecule has 0 N–H and O–H groups in total. The van der Waals surface area contributed by atoms with Crippen molar-refractivity contribution in [3.63, 3.8) is 0 Å². The summed E-state index contributed by atoms with van der Waals surface area (Å²) in [7, 11) is 2.98. The van der Waals surface area contributed by atoms with E-state index in [0.717, 1.165) is 0 Å². The molecular weight excluding hydrogens is 244 g/mol. The van der Waals surface area contributed by atoms with Gasteiger partial charge in [-0.15, -0.1) is 0 Å². The summed E-state index contributed by atoms with van der Waals surface area (Å²) in [6.45, 7) is 5.09. The minimum atomic E-state index is -0.449. The lowest BCUT2D eigenvalue weighted by Gasteiger charge is -2.27. The van der Waals surface area contributed by atoms with Crippen molar-refractivity contribution in [2.24, 2.45) is 0 Å². The number of methoxy groups -OCH3 is 1. The second-order valence-corrected chi connectivity index (χ2v) is 4.02. The Bertz CT molecular complexity index is 456. The quantitative estimate of drug-likeness (QED) is 0.784. The largest absolute Gasteiger partial charge is 0.465 e. The SMILES string of the molecule is CCN(CC)C(=O)N(C)c1ccccc1C(=O)OC. The fourth-order valence-electron chi connectivity index (χ4n) is 1.86. The van der Waals surface area contributed by atoms with Crippen LogP contribution in [-0.2, 0) is 4.74 Å². The number of nitrogens with zero attached hydrogens (tertiary/aromatic N) is 2. The fraction of sp³-hybridized carbons (Fsp3) is 0.429. The van der Waals surface area contributed by atoms with E-state index in [1.54, 1.807) is 36.2 Å². The van der Waals surface area contributed by atoms with Crippen molar-refractivity contribution in [1.82, 2.24) is 4.90 Å². The van der Waals surface area contributed by atoms with Crippen molar-refractivity contribution in [2.75, 3.05) is 32.1 Å². The number of benzene rings is 1. The van der Waals surface area contributed by atoms with Gasteiger partial charge in [0.05, 0.1) is 18.4 Å². The molecule has 0 aliphatic carbocycles. The molecule has 0 saturated heterocycles. The van der Waals surface area contributed by atoms with Crippen LogP contribution in [0.3, 0.4) is 0 Å². The van der Waals surface area contributed by atoms with Gasteiger partial charge in [-0.2, -0.15) is 0 Å². The Labute approximate surface area is 113 Å². The number of urea groups is 1. The molecule has 0 radical (unpaired) electrons. The van der Waals surface area contributed by atoms with E-state index >= 15 is 0 Å². The Kier molecular flexibility index (Phi) is 5.36. The summed E-state index contributed by atoms with van der Waals surface area (Å²) in [5.41, 5.74) is 0.930. The van der Waals surface area contributed by atoms with Crippen LogP contribution >= 0.6 is 0 Å². The number of hydrogen-bond acceptors (Lipinski definition) is 3. The van der Waals surface area contributed by atoms with E-state index in [1.807, 2.05) is 13.8 Å². The van der Waals surface area contributed by atoms with Crippen LogP contribution in [0.25, 0.3) is 0 Å². The molecule has 0 fully saturated rings. The smallest absolute Gasteiger partial charge is 0.339 e. The normalized spacial score (nSPS) is 9.89. The number of amides is 2. The first-order valence-corrected chi connectivity index (χ1v) is 6.26. The van der Waals surface area contributed by atoms with Crippen LogP contribution in [0, 0.1) is 0 Å². The number of rotatable bonds is 4. The van der Waals surface area contributed by atoms with Crippen molar-refractivity contribution < 1.29 is 14.3 Å². The van der Waals surface area contributed by atoms with Gasteiger partial charge in [0.2, 0.25) is 0 Å². The van der Waals surface area contributed by atoms with Gasteiger partial charge in [0.1, 0.15) is 0 Å². The summed E-state index contributed by atoms with van der Waals surface area (Å²) in [6.07, 6.45) is 0. The van der Waals surface area contributed by atoms with Gasteiger partial charge < -0.3 is 9.64 Å². The fourth-order valence-corrected chi connectivity index (χ4v) is 1.86. The number of carbonyl (C=O) groups is 2. The molecule has 0 unspecified atom stereocenters. The van der Waals surface area contributed by atoms with Gasteiger partial charge >= 0.3 is 12.0 Å². The molecule has 0 atom stereocenters. The molecule has 2 amide bonds. The van der Waals surface area contributed by atoms with Gasteiger partial charge in [0, 0.05) is 20.1 Å². The zero-order valence-electron chi connectivity index (χ0n) is 11.8. The summed E-state index contributed by atoms with van der Waals surface area (Å²) < 4.78 is 4.73. The van der Waals surface area contributed by atoms with Gasteiger partial charge in [-0.1, -0.05) is 12.1 Å². The maximum Gasteiger partial charge on any atom is 0.339 e. The number of carbonyl (C=O) groups excluding carboxylic acids is 2. The lowest BCUT2D eigenvalue weighted by Crippen LogP contribution is -2.41. The molecule has 0 aliphatic heterocycles. The lowest BCUT2D eigenvalue weighted by atomic mass is 10.1. The van der Waals surface area contributed by atoms with Gasteiger partial charge in [0.15, 0.2) is 0 Å². The first-order chi connectivity index (χ1) is 9.06. The summed E-state index contributed by atoms with van der Waals surface area (Å²) in [4.78, 5) is 27.1. The van der Waals surface area contributed by atoms with Crippen LogP contribution < -0.4 is 4.90 Å². The molecule has 0 saturated carbocycles. The molecule has 0 aromatic heterocycles. The van der Waals surface area contributed by atoms with E-state index in [4.69, 9.17) is 4.74 Å². The average Bonchev–Trinajstić information content (AvgIpc) is 2.46. The molecule has 5 heteroatoms. The van der Waals surface area contributed by atoms with Crippen LogP contribution in [-0.4, -0.2) is 44.1 Å². The van der Waals surface area contributed by atoms with Gasteiger partial charge in [-0.05, 0) is 26.0 Å². The van der Waals surface area contributed by atoms with Crippen molar-refractivity contribution in [1.29, 1.82) is 0 Å². The predicted octanol–water partition coefficient (Wildman–Crippen LogP) is 2.37. The van der Waals surface area contributed by atoms with E-state index < -0.39 is 5.97 Å². The Morgan fingerprint density at radius 1 is 1.16 bits per heavy atom. The highest BCUT2D eigenvalue weighted by atomic mass is 16.5. The van der Waals surface area contributed by atoms with Crippen LogP contribution in [0.15, 0.2) is 24.3 Å². The van der Waals surface area contributed by atoms with Crippen LogP contribution in [0.4, 0.5) is 10.5 Å². The van der Waals surface area contributed by atoms with Crippen LogP contribution in [0.1, 0.15) is 24.2 Å². The monoisotopic (exact) mass is 264 g/mol. The van der Waals surface area contributed by atoms with Crippen molar-refractivity contribution in [2.45, 2.75) is 13.8 Å². The highest BCUT2D eigenvalue weighted by molar-refractivity contribution is 6.01. The average molecular weight is 264 g/mol. The molecule has 1 aromatic carbocycles. The molecule has 5 nitrogen and oxygen atoms in total. The van der Waals surface area contributed by atoms with E-state index in [1.165, 1.54) is 12.0 Å². The first kappa shape index (κ1) is 15.0. The second-order valence-electron chi connectivity index (χ2n) is 4.02. The maximum atomic E-state index is 12.3. The predicted molar refractivity (Wildman–Crippen MR) is 74.5 cm³/mol. The molecule has 0 spiro atoms. The molecule has 104 valence electrons. The Hall–Kier alpha value is -2.04. The number of hydrogen-bond donors (Lipinski definition) is 0. The first-order valence-electron chi connectivity index (χ1n) is 6.26. The third kappa shape index (κ3) is 3.24. The minimum Gasteiger partial charge on any atom is -0.465 e. The van der Waals surface area contributed by atoms with E-state index in [0.29, 0.717) is 24.3 Å². The van der Waals surface area contributed by atoms with Crippen molar-refractivity contribution in [3.8, 4) is 0 Å². The molecule has 0 heterocycles. The van der Waals surface area contributed by atoms with E-state index in [9.17, 15) is 9.59 Å². The van der Waals surface area contributed by atoms with E-state index in [2.05, 4.69) is 0 Å². The zero-order chi connectivity index (χ0) is 14.4. The molecule has 19 heavy (non-hydrogen) atoms. The van der Waals surface area contributed by atoms with Gasteiger partial charge in [0.25, 0.3) is 0 Å². The van der Waals surface area contributed by atoms with Gasteiger partial charge in [-0.3, -0.25) is 4.90 Å². The van der Waals surface area contributed by atoms with Crippen LogP contribution in [0.5, 0.6) is 0 Å². The Balaban J connectivity index is 3.09. The number of para-hydroxylation sites is 1. The molecule has 0 bridgehead atoms. The van der Waals surface area contributed by atoms with Gasteiger partial charge in [-0.25, -0.2) is 9.59 Å². The highest BCUT2D eigenvalue weighted by Crippen LogP contribution is 2.21. The lowest BCUT2D eigenvalue weighted by molar-refractivity contribution is 0.0601. The number of anilines is 1. The summed E-state index contributed by atoms with van der Waals surface area (Å²) in [5, 5.41) is 0. The summed E-state index contributed by atoms with van der Waals surface area (Å²) in [5.74, 6) is -0.449. The van der Waals surface area contributed by atoms with E-state index in [-0.39, 0.29) is 6.03 Å². The van der Waals surface area contributed by atoms with Crippen LogP contribution in [0.2, 0.25) is 0 Å². The zero-order valence-corrected chi connectivity index (χ0v) is 11.8. The standard InChI is InChI=1S/C14H20N2O3/c1-5-16(6-2)14(18)15(3)12-10-8-7-9-11(12)13(17)19-4/h7-10H,5-6H2,1-4H3. The number of ether oxygens (including phenoxy) is 1. The Morgan fingerprint density at radius 2 is 1.74 bits per heavy atom. The summed E-state index contributed by atoms with van der Waals surface area (Å²) >= 11 is 0. The third-order valence-electron chi connectivity index (χ3n) is 2.99. The topological polar surface area (TPSA) is 49.9 Å².